The van der Waals surface area contributed by atoms with Crippen molar-refractivity contribution in [1.82, 2.24) is 0 Å². The number of unbranched alkanes of at least 4 members (excludes halogenated alkanes) is 14. The van der Waals surface area contributed by atoms with Crippen LogP contribution in [0.1, 0.15) is 213 Å². The summed E-state index contributed by atoms with van der Waals surface area (Å²) in [7, 11) is 0. The van der Waals surface area contributed by atoms with Crippen molar-refractivity contribution in [2.75, 3.05) is 13.2 Å². The molecule has 0 radical (unpaired) electrons. The third-order valence-electron chi connectivity index (χ3n) is 10.9. The Hall–Kier alpha value is -4.71. The maximum atomic E-state index is 12.8. The summed E-state index contributed by atoms with van der Waals surface area (Å²) in [6.07, 6.45) is 79.8. The number of allylic oxidation sites excluding steroid dienone is 24. The van der Waals surface area contributed by atoms with Gasteiger partial charge in [-0.3, -0.25) is 14.4 Å². The molecule has 0 aliphatic carbocycles. The molecule has 0 spiro atoms. The molecule has 0 fully saturated rings. The van der Waals surface area contributed by atoms with E-state index in [1.165, 1.54) is 32.1 Å². The summed E-state index contributed by atoms with van der Waals surface area (Å²) in [5, 5.41) is 0. The van der Waals surface area contributed by atoms with Crippen LogP contribution in [0.3, 0.4) is 0 Å². The lowest BCUT2D eigenvalue weighted by atomic mass is 10.1. The van der Waals surface area contributed by atoms with Gasteiger partial charge in [-0.1, -0.05) is 224 Å². The summed E-state index contributed by atoms with van der Waals surface area (Å²) in [6.45, 7) is 6.20. The predicted octanol–water partition coefficient (Wildman–Crippen LogP) is 18.4. The molecular formula is C63H98O6. The molecular weight excluding hydrogens is 853 g/mol. The third kappa shape index (κ3) is 54.1. The van der Waals surface area contributed by atoms with Gasteiger partial charge in [-0.25, -0.2) is 0 Å². The fourth-order valence-electron chi connectivity index (χ4n) is 6.88. The molecule has 0 heterocycles. The topological polar surface area (TPSA) is 78.9 Å². The molecule has 1 unspecified atom stereocenters. The monoisotopic (exact) mass is 951 g/mol. The summed E-state index contributed by atoms with van der Waals surface area (Å²) in [4.78, 5) is 38.1. The Balaban J connectivity index is 4.55. The SMILES string of the molecule is CC\C=C/C=C\C=C/CCCCCCCCCC(=O)OCC(COC(=O)CCCCCCCC/C=C\C/C=C\C/C=C\C/C=C\CC)OC(=O)CCC/C=C\C/C=C\C/C=C\C/C=C\C/C=C\CC. The molecule has 0 N–H and O–H groups in total. The number of ether oxygens (including phenoxy) is 3. The highest BCUT2D eigenvalue weighted by Crippen LogP contribution is 2.13. The largest absolute Gasteiger partial charge is 0.462 e. The molecule has 69 heavy (non-hydrogen) atoms. The van der Waals surface area contributed by atoms with Crippen LogP contribution in [0.5, 0.6) is 0 Å². The van der Waals surface area contributed by atoms with Gasteiger partial charge in [0.25, 0.3) is 0 Å². The van der Waals surface area contributed by atoms with Crippen molar-refractivity contribution >= 4 is 17.9 Å². The van der Waals surface area contributed by atoms with E-state index in [1.54, 1.807) is 0 Å². The van der Waals surface area contributed by atoms with Gasteiger partial charge < -0.3 is 14.2 Å². The lowest BCUT2D eigenvalue weighted by Gasteiger charge is -2.18. The highest BCUT2D eigenvalue weighted by Gasteiger charge is 2.19. The van der Waals surface area contributed by atoms with Crippen molar-refractivity contribution in [3.05, 3.63) is 146 Å². The van der Waals surface area contributed by atoms with Crippen LogP contribution in [0.4, 0.5) is 0 Å². The van der Waals surface area contributed by atoms with E-state index in [2.05, 4.69) is 167 Å². The number of carbonyl (C=O) groups excluding carboxylic acids is 3. The van der Waals surface area contributed by atoms with Gasteiger partial charge in [0.05, 0.1) is 0 Å². The highest BCUT2D eigenvalue weighted by atomic mass is 16.6. The molecule has 1 atom stereocenters. The summed E-state index contributed by atoms with van der Waals surface area (Å²) in [5.41, 5.74) is 0. The van der Waals surface area contributed by atoms with Crippen LogP contribution in [0.2, 0.25) is 0 Å². The van der Waals surface area contributed by atoms with Gasteiger partial charge in [0, 0.05) is 19.3 Å². The Morgan fingerprint density at radius 1 is 0.304 bits per heavy atom. The smallest absolute Gasteiger partial charge is 0.306 e. The highest BCUT2D eigenvalue weighted by molar-refractivity contribution is 5.71. The zero-order valence-corrected chi connectivity index (χ0v) is 44.0. The van der Waals surface area contributed by atoms with Crippen LogP contribution in [0.25, 0.3) is 0 Å². The second-order valence-electron chi connectivity index (χ2n) is 17.4. The van der Waals surface area contributed by atoms with Crippen molar-refractivity contribution in [2.24, 2.45) is 0 Å². The number of esters is 3. The van der Waals surface area contributed by atoms with Crippen LogP contribution in [-0.4, -0.2) is 37.2 Å². The van der Waals surface area contributed by atoms with Gasteiger partial charge in [0.1, 0.15) is 13.2 Å². The van der Waals surface area contributed by atoms with E-state index in [-0.39, 0.29) is 37.5 Å². The van der Waals surface area contributed by atoms with Crippen LogP contribution in [0, 0.1) is 0 Å². The first-order valence-electron chi connectivity index (χ1n) is 27.4. The van der Waals surface area contributed by atoms with Crippen LogP contribution in [-0.2, 0) is 28.6 Å². The molecule has 0 amide bonds. The zero-order chi connectivity index (χ0) is 50.0. The van der Waals surface area contributed by atoms with Gasteiger partial charge in [-0.2, -0.15) is 0 Å². The average molecular weight is 951 g/mol. The summed E-state index contributed by atoms with van der Waals surface area (Å²) >= 11 is 0. The van der Waals surface area contributed by atoms with E-state index in [4.69, 9.17) is 14.2 Å². The van der Waals surface area contributed by atoms with Gasteiger partial charge in [-0.15, -0.1) is 0 Å². The van der Waals surface area contributed by atoms with Gasteiger partial charge >= 0.3 is 17.9 Å². The first-order valence-corrected chi connectivity index (χ1v) is 27.4. The molecule has 0 saturated heterocycles. The first-order chi connectivity index (χ1) is 34.0. The minimum absolute atomic E-state index is 0.118. The Morgan fingerprint density at radius 3 is 1.01 bits per heavy atom. The number of hydrogen-bond donors (Lipinski definition) is 0. The van der Waals surface area contributed by atoms with Crippen LogP contribution < -0.4 is 0 Å². The number of hydrogen-bond acceptors (Lipinski definition) is 6. The predicted molar refractivity (Wildman–Crippen MR) is 297 cm³/mol. The minimum Gasteiger partial charge on any atom is -0.462 e. The average Bonchev–Trinajstić information content (AvgIpc) is 3.35. The van der Waals surface area contributed by atoms with E-state index in [0.29, 0.717) is 19.3 Å². The quantitative estimate of drug-likeness (QED) is 0.0199. The van der Waals surface area contributed by atoms with Crippen molar-refractivity contribution < 1.29 is 28.6 Å². The van der Waals surface area contributed by atoms with E-state index in [0.717, 1.165) is 135 Å². The molecule has 0 aliphatic heterocycles. The Labute approximate surface area is 423 Å². The molecule has 0 aliphatic rings. The fraction of sp³-hybridized carbons (Fsp3) is 0.571. The lowest BCUT2D eigenvalue weighted by molar-refractivity contribution is -0.167. The summed E-state index contributed by atoms with van der Waals surface area (Å²) in [6, 6.07) is 0. The maximum Gasteiger partial charge on any atom is 0.306 e. The summed E-state index contributed by atoms with van der Waals surface area (Å²) < 4.78 is 16.8. The van der Waals surface area contributed by atoms with Crippen molar-refractivity contribution in [1.29, 1.82) is 0 Å². The van der Waals surface area contributed by atoms with Crippen LogP contribution >= 0.6 is 0 Å². The lowest BCUT2D eigenvalue weighted by Crippen LogP contribution is -2.30. The third-order valence-corrected chi connectivity index (χ3v) is 10.9. The van der Waals surface area contributed by atoms with E-state index >= 15 is 0 Å². The Bertz CT molecular complexity index is 1560. The minimum atomic E-state index is -0.826. The number of rotatable bonds is 47. The zero-order valence-electron chi connectivity index (χ0n) is 44.0. The molecule has 386 valence electrons. The van der Waals surface area contributed by atoms with Crippen molar-refractivity contribution in [2.45, 2.75) is 219 Å². The Kier molecular flexibility index (Phi) is 52.1. The molecule has 0 aromatic heterocycles. The van der Waals surface area contributed by atoms with Crippen molar-refractivity contribution in [3.8, 4) is 0 Å². The molecule has 0 bridgehead atoms. The van der Waals surface area contributed by atoms with Crippen molar-refractivity contribution in [3.63, 3.8) is 0 Å². The van der Waals surface area contributed by atoms with E-state index in [1.807, 2.05) is 0 Å². The molecule has 0 aromatic rings. The molecule has 6 heteroatoms. The van der Waals surface area contributed by atoms with Crippen LogP contribution in [0.15, 0.2) is 146 Å². The summed E-state index contributed by atoms with van der Waals surface area (Å²) in [5.74, 6) is -1.01. The fourth-order valence-corrected chi connectivity index (χ4v) is 6.88. The first kappa shape index (κ1) is 64.3. The van der Waals surface area contributed by atoms with Gasteiger partial charge in [0.2, 0.25) is 0 Å². The molecule has 6 nitrogen and oxygen atoms in total. The second kappa shape index (κ2) is 55.9. The molecule has 0 rings (SSSR count). The van der Waals surface area contributed by atoms with Gasteiger partial charge in [-0.05, 0) is 116 Å². The maximum absolute atomic E-state index is 12.8. The molecule has 0 saturated carbocycles. The molecule has 0 aromatic carbocycles. The standard InChI is InChI=1S/C63H98O6/c1-4-7-10-13-16-19-22-25-28-30-31-33-35-38-41-44-47-50-53-56-62(65)68-59-60(58-67-61(64)55-52-49-46-43-40-37-34-27-24-21-18-15-12-9-6-3)69-63(66)57-54-51-48-45-42-39-36-32-29-26-23-20-17-14-11-8-5-2/h7-12,15-21,24-26,28-29,31,33,36,39,45,48,60H,4-6,13-14,22-23,27,30,32,34-35,37-38,40-44,46-47,49-59H2,1-3H3/b10-7-,11-8-,12-9-,18-15-,19-16-,20-17-,24-21-,28-25-,29-26-,33-31-,39-36-,48-45-. The second-order valence-corrected chi connectivity index (χ2v) is 17.4. The van der Waals surface area contributed by atoms with E-state index < -0.39 is 6.10 Å². The Morgan fingerprint density at radius 2 is 0.609 bits per heavy atom. The van der Waals surface area contributed by atoms with E-state index in [9.17, 15) is 14.4 Å². The normalized spacial score (nSPS) is 13.3. The van der Waals surface area contributed by atoms with Gasteiger partial charge in [0.15, 0.2) is 6.10 Å². The number of carbonyl (C=O) groups is 3.